The Morgan fingerprint density at radius 1 is 1.42 bits per heavy atom. The van der Waals surface area contributed by atoms with Crippen molar-refractivity contribution in [2.75, 3.05) is 0 Å². The minimum Gasteiger partial charge on any atom is -0.445 e. The first-order valence-electron chi connectivity index (χ1n) is 4.49. The summed E-state index contributed by atoms with van der Waals surface area (Å²) in [4.78, 5) is 4.24. The van der Waals surface area contributed by atoms with E-state index in [4.69, 9.17) is 4.42 Å². The molecule has 0 amide bonds. The van der Waals surface area contributed by atoms with Crippen molar-refractivity contribution in [3.8, 4) is 0 Å². The van der Waals surface area contributed by atoms with E-state index < -0.39 is 0 Å². The molecule has 2 heteroatoms. The third-order valence-corrected chi connectivity index (χ3v) is 1.69. The number of rotatable bonds is 2. The topological polar surface area (TPSA) is 26.0 Å². The summed E-state index contributed by atoms with van der Waals surface area (Å²) in [5, 5.41) is 0. The van der Waals surface area contributed by atoms with E-state index in [0.29, 0.717) is 0 Å². The Morgan fingerprint density at radius 2 is 2.08 bits per heavy atom. The van der Waals surface area contributed by atoms with E-state index in [2.05, 4.69) is 32.7 Å². The second kappa shape index (κ2) is 3.30. The van der Waals surface area contributed by atoms with Gasteiger partial charge in [0.15, 0.2) is 5.89 Å². The molecule has 12 heavy (non-hydrogen) atoms. The molecule has 1 aromatic rings. The highest BCUT2D eigenvalue weighted by Gasteiger charge is 2.19. The van der Waals surface area contributed by atoms with Gasteiger partial charge in [-0.1, -0.05) is 27.7 Å². The Balaban J connectivity index is 2.77. The zero-order valence-electron chi connectivity index (χ0n) is 8.35. The molecule has 0 saturated carbocycles. The molecule has 0 aromatic carbocycles. The zero-order valence-corrected chi connectivity index (χ0v) is 8.35. The molecule has 1 heterocycles. The van der Waals surface area contributed by atoms with Gasteiger partial charge in [-0.25, -0.2) is 4.98 Å². The van der Waals surface area contributed by atoms with E-state index in [9.17, 15) is 0 Å². The van der Waals surface area contributed by atoms with Gasteiger partial charge in [-0.3, -0.25) is 0 Å². The highest BCUT2D eigenvalue weighted by atomic mass is 16.4. The van der Waals surface area contributed by atoms with Gasteiger partial charge in [0.2, 0.25) is 0 Å². The standard InChI is InChI=1S/C10H17NO/c1-5-6-8-7-11-9(12-8)10(2,3)4/h7H,5-6H2,1-4H3. The Labute approximate surface area is 74.0 Å². The van der Waals surface area contributed by atoms with E-state index >= 15 is 0 Å². The van der Waals surface area contributed by atoms with Crippen LogP contribution in [0.3, 0.4) is 0 Å². The molecule has 0 aliphatic rings. The van der Waals surface area contributed by atoms with Crippen LogP contribution in [0.25, 0.3) is 0 Å². The van der Waals surface area contributed by atoms with Crippen molar-refractivity contribution >= 4 is 0 Å². The quantitative estimate of drug-likeness (QED) is 0.677. The van der Waals surface area contributed by atoms with Crippen molar-refractivity contribution in [1.82, 2.24) is 4.98 Å². The summed E-state index contributed by atoms with van der Waals surface area (Å²) < 4.78 is 5.58. The van der Waals surface area contributed by atoms with E-state index in [1.54, 1.807) is 0 Å². The monoisotopic (exact) mass is 167 g/mol. The lowest BCUT2D eigenvalue weighted by molar-refractivity contribution is 0.372. The molecule has 0 N–H and O–H groups in total. The van der Waals surface area contributed by atoms with Crippen molar-refractivity contribution in [3.63, 3.8) is 0 Å². The lowest BCUT2D eigenvalue weighted by Crippen LogP contribution is -2.10. The number of oxazole rings is 1. The Morgan fingerprint density at radius 3 is 2.50 bits per heavy atom. The number of aromatic nitrogens is 1. The number of hydrogen-bond donors (Lipinski definition) is 0. The zero-order chi connectivity index (χ0) is 9.19. The maximum absolute atomic E-state index is 5.58. The molecule has 0 atom stereocenters. The van der Waals surface area contributed by atoms with Gasteiger partial charge in [-0.2, -0.15) is 0 Å². The fraction of sp³-hybridized carbons (Fsp3) is 0.700. The maximum atomic E-state index is 5.58. The highest BCUT2D eigenvalue weighted by Crippen LogP contribution is 2.21. The molecular weight excluding hydrogens is 150 g/mol. The van der Waals surface area contributed by atoms with Gasteiger partial charge in [-0.05, 0) is 6.42 Å². The number of hydrogen-bond acceptors (Lipinski definition) is 2. The fourth-order valence-corrected chi connectivity index (χ4v) is 1.02. The third-order valence-electron chi connectivity index (χ3n) is 1.69. The maximum Gasteiger partial charge on any atom is 0.199 e. The molecule has 1 aromatic heterocycles. The van der Waals surface area contributed by atoms with Crippen LogP contribution < -0.4 is 0 Å². The van der Waals surface area contributed by atoms with Gasteiger partial charge in [0.05, 0.1) is 6.20 Å². The fourth-order valence-electron chi connectivity index (χ4n) is 1.02. The first-order valence-corrected chi connectivity index (χ1v) is 4.49. The highest BCUT2D eigenvalue weighted by molar-refractivity contribution is 5.02. The molecular formula is C10H17NO. The molecule has 0 fully saturated rings. The average Bonchev–Trinajstić information content (AvgIpc) is 2.35. The van der Waals surface area contributed by atoms with Crippen molar-refractivity contribution in [2.24, 2.45) is 0 Å². The molecule has 0 spiro atoms. The number of aryl methyl sites for hydroxylation is 1. The van der Waals surface area contributed by atoms with Crippen molar-refractivity contribution in [3.05, 3.63) is 17.8 Å². The summed E-state index contributed by atoms with van der Waals surface area (Å²) in [5.74, 6) is 1.84. The molecule has 0 aliphatic heterocycles. The summed E-state index contributed by atoms with van der Waals surface area (Å²) >= 11 is 0. The summed E-state index contributed by atoms with van der Waals surface area (Å²) in [6.45, 7) is 8.46. The normalized spacial score (nSPS) is 12.0. The van der Waals surface area contributed by atoms with Crippen LogP contribution in [0.4, 0.5) is 0 Å². The van der Waals surface area contributed by atoms with Gasteiger partial charge in [0, 0.05) is 11.8 Å². The predicted octanol–water partition coefficient (Wildman–Crippen LogP) is 2.92. The van der Waals surface area contributed by atoms with Crippen LogP contribution in [0, 0.1) is 0 Å². The summed E-state index contributed by atoms with van der Waals surface area (Å²) in [6, 6.07) is 0. The molecule has 2 nitrogen and oxygen atoms in total. The lowest BCUT2D eigenvalue weighted by Gasteiger charge is -2.12. The Bertz CT molecular complexity index is 245. The SMILES string of the molecule is CCCc1cnc(C(C)(C)C)o1. The van der Waals surface area contributed by atoms with Crippen LogP contribution in [0.5, 0.6) is 0 Å². The molecule has 1 rings (SSSR count). The second-order valence-electron chi connectivity index (χ2n) is 4.13. The molecule has 0 saturated heterocycles. The lowest BCUT2D eigenvalue weighted by atomic mass is 9.97. The number of nitrogens with zero attached hydrogens (tertiary/aromatic N) is 1. The summed E-state index contributed by atoms with van der Waals surface area (Å²) in [5.41, 5.74) is 0.0337. The van der Waals surface area contributed by atoms with E-state index in [0.717, 1.165) is 24.5 Å². The average molecular weight is 167 g/mol. The third kappa shape index (κ3) is 2.10. The molecule has 0 unspecified atom stereocenters. The predicted molar refractivity (Wildman–Crippen MR) is 49.2 cm³/mol. The Hall–Kier alpha value is -0.790. The van der Waals surface area contributed by atoms with Crippen LogP contribution in [0.1, 0.15) is 45.8 Å². The van der Waals surface area contributed by atoms with Crippen molar-refractivity contribution in [2.45, 2.75) is 46.0 Å². The second-order valence-corrected chi connectivity index (χ2v) is 4.13. The first kappa shape index (κ1) is 9.30. The summed E-state index contributed by atoms with van der Waals surface area (Å²) in [6.07, 6.45) is 3.94. The van der Waals surface area contributed by atoms with E-state index in [-0.39, 0.29) is 5.41 Å². The Kier molecular flexibility index (Phi) is 2.55. The van der Waals surface area contributed by atoms with Gasteiger partial charge in [0.1, 0.15) is 5.76 Å². The van der Waals surface area contributed by atoms with Gasteiger partial charge in [-0.15, -0.1) is 0 Å². The van der Waals surface area contributed by atoms with Crippen molar-refractivity contribution < 1.29 is 4.42 Å². The molecule has 0 radical (unpaired) electrons. The van der Waals surface area contributed by atoms with Crippen LogP contribution >= 0.6 is 0 Å². The largest absolute Gasteiger partial charge is 0.445 e. The van der Waals surface area contributed by atoms with Gasteiger partial charge >= 0.3 is 0 Å². The summed E-state index contributed by atoms with van der Waals surface area (Å²) in [7, 11) is 0. The minimum atomic E-state index is 0.0337. The smallest absolute Gasteiger partial charge is 0.199 e. The minimum absolute atomic E-state index is 0.0337. The molecule has 0 bridgehead atoms. The van der Waals surface area contributed by atoms with Crippen LogP contribution in [0.2, 0.25) is 0 Å². The first-order chi connectivity index (χ1) is 5.54. The van der Waals surface area contributed by atoms with Crippen LogP contribution in [0.15, 0.2) is 10.6 Å². The van der Waals surface area contributed by atoms with E-state index in [1.165, 1.54) is 0 Å². The van der Waals surface area contributed by atoms with Crippen molar-refractivity contribution in [1.29, 1.82) is 0 Å². The van der Waals surface area contributed by atoms with E-state index in [1.807, 2.05) is 6.20 Å². The van der Waals surface area contributed by atoms with Crippen LogP contribution in [-0.4, -0.2) is 4.98 Å². The molecule has 0 aliphatic carbocycles. The van der Waals surface area contributed by atoms with Gasteiger partial charge < -0.3 is 4.42 Å². The molecule has 68 valence electrons. The van der Waals surface area contributed by atoms with Crippen LogP contribution in [-0.2, 0) is 11.8 Å². The van der Waals surface area contributed by atoms with Gasteiger partial charge in [0.25, 0.3) is 0 Å².